The van der Waals surface area contributed by atoms with E-state index in [0.717, 1.165) is 27.5 Å². The van der Waals surface area contributed by atoms with Crippen LogP contribution in [0, 0.1) is 6.92 Å². The average molecular weight is 199 g/mol. The van der Waals surface area contributed by atoms with Crippen LogP contribution in [0.2, 0.25) is 0 Å². The summed E-state index contributed by atoms with van der Waals surface area (Å²) < 4.78 is 0. The molecule has 0 fully saturated rings. The van der Waals surface area contributed by atoms with Crippen molar-refractivity contribution in [1.29, 1.82) is 0 Å². The van der Waals surface area contributed by atoms with Gasteiger partial charge in [-0.2, -0.15) is 0 Å². The van der Waals surface area contributed by atoms with Gasteiger partial charge in [0.2, 0.25) is 0 Å². The van der Waals surface area contributed by atoms with Crippen molar-refractivity contribution in [2.75, 3.05) is 0 Å². The topological polar surface area (TPSA) is 61.5 Å². The molecule has 0 aliphatic carbocycles. The van der Waals surface area contributed by atoms with Gasteiger partial charge in [-0.05, 0) is 30.5 Å². The number of aryl methyl sites for hydroxylation is 1. The third-order valence-electron chi connectivity index (χ3n) is 2.61. The molecule has 0 aliphatic rings. The molecule has 4 heteroatoms. The van der Waals surface area contributed by atoms with Crippen LogP contribution in [-0.2, 0) is 0 Å². The summed E-state index contributed by atoms with van der Waals surface area (Å²) in [6.07, 6.45) is 1.76. The Balaban J connectivity index is 2.67. The first-order chi connectivity index (χ1) is 7.25. The molecule has 4 nitrogen and oxygen atoms in total. The van der Waals surface area contributed by atoms with Gasteiger partial charge in [-0.3, -0.25) is 9.89 Å². The second kappa shape index (κ2) is 2.70. The maximum absolute atomic E-state index is 11.3. The number of hydrogen-bond acceptors (Lipinski definition) is 2. The molecule has 0 spiro atoms. The van der Waals surface area contributed by atoms with Gasteiger partial charge in [-0.15, -0.1) is 0 Å². The van der Waals surface area contributed by atoms with E-state index < -0.39 is 0 Å². The van der Waals surface area contributed by atoms with Gasteiger partial charge in [-0.25, -0.2) is 4.98 Å². The second-order valence-electron chi connectivity index (χ2n) is 3.61. The molecule has 2 aromatic heterocycles. The smallest absolute Gasteiger partial charge is 0.179 e. The highest BCUT2D eigenvalue weighted by molar-refractivity contribution is 6.05. The Morgan fingerprint density at radius 3 is 3.00 bits per heavy atom. The average Bonchev–Trinajstić information content (AvgIpc) is 2.60. The zero-order valence-corrected chi connectivity index (χ0v) is 8.16. The van der Waals surface area contributed by atoms with Crippen LogP contribution in [0.1, 0.15) is 5.69 Å². The van der Waals surface area contributed by atoms with Gasteiger partial charge in [0, 0.05) is 22.7 Å². The fraction of sp³-hybridized carbons (Fsp3) is 0.0909. The minimum atomic E-state index is 0.0237. The summed E-state index contributed by atoms with van der Waals surface area (Å²) in [5.74, 6) is 0. The van der Waals surface area contributed by atoms with Crippen molar-refractivity contribution in [3.05, 3.63) is 40.3 Å². The van der Waals surface area contributed by atoms with Crippen LogP contribution in [0.15, 0.2) is 29.2 Å². The standard InChI is InChI=1S/C11H9N3O/c1-6-10-9-4-8(15)3-2-7(9)5-12-11(10)14-13-6/h2-5H,1H3,(H2,12,13,14). The molecule has 15 heavy (non-hydrogen) atoms. The summed E-state index contributed by atoms with van der Waals surface area (Å²) in [5.41, 5.74) is 1.80. The Morgan fingerprint density at radius 2 is 2.13 bits per heavy atom. The van der Waals surface area contributed by atoms with Crippen molar-refractivity contribution >= 4 is 21.8 Å². The van der Waals surface area contributed by atoms with Gasteiger partial charge in [0.05, 0.1) is 0 Å². The SMILES string of the molecule is Cc1[nH][nH]c2ncc3ccc(=O)cc3c12. The lowest BCUT2D eigenvalue weighted by molar-refractivity contribution is 1.06. The van der Waals surface area contributed by atoms with E-state index in [4.69, 9.17) is 0 Å². The predicted molar refractivity (Wildman–Crippen MR) is 59.0 cm³/mol. The number of nitrogens with one attached hydrogen (secondary N) is 2. The van der Waals surface area contributed by atoms with Crippen LogP contribution in [0.5, 0.6) is 0 Å². The first-order valence-electron chi connectivity index (χ1n) is 4.71. The molecule has 3 rings (SSSR count). The van der Waals surface area contributed by atoms with Crippen molar-refractivity contribution in [1.82, 2.24) is 15.2 Å². The van der Waals surface area contributed by atoms with Crippen molar-refractivity contribution in [2.45, 2.75) is 6.92 Å². The quantitative estimate of drug-likeness (QED) is 0.579. The van der Waals surface area contributed by atoms with Gasteiger partial charge in [0.1, 0.15) is 0 Å². The summed E-state index contributed by atoms with van der Waals surface area (Å²) in [7, 11) is 0. The minimum Gasteiger partial charge on any atom is -0.303 e. The van der Waals surface area contributed by atoms with Crippen LogP contribution in [0.3, 0.4) is 0 Å². The number of benzene rings is 1. The maximum atomic E-state index is 11.3. The van der Waals surface area contributed by atoms with Crippen molar-refractivity contribution in [2.24, 2.45) is 0 Å². The Hall–Kier alpha value is -2.10. The van der Waals surface area contributed by atoms with Gasteiger partial charge < -0.3 is 5.10 Å². The lowest BCUT2D eigenvalue weighted by Crippen LogP contribution is -1.95. The van der Waals surface area contributed by atoms with Crippen molar-refractivity contribution in [3.8, 4) is 0 Å². The fourth-order valence-corrected chi connectivity index (χ4v) is 1.88. The number of rotatable bonds is 0. The highest BCUT2D eigenvalue weighted by Crippen LogP contribution is 2.22. The van der Waals surface area contributed by atoms with Crippen molar-refractivity contribution < 1.29 is 0 Å². The molecule has 2 N–H and O–H groups in total. The van der Waals surface area contributed by atoms with Gasteiger partial charge in [-0.1, -0.05) is 0 Å². The van der Waals surface area contributed by atoms with E-state index in [1.54, 1.807) is 24.4 Å². The lowest BCUT2D eigenvalue weighted by Gasteiger charge is -1.97. The number of aromatic nitrogens is 3. The summed E-state index contributed by atoms with van der Waals surface area (Å²) in [4.78, 5) is 15.6. The van der Waals surface area contributed by atoms with E-state index in [1.807, 2.05) is 6.92 Å². The third kappa shape index (κ3) is 1.08. The molecule has 0 amide bonds. The maximum Gasteiger partial charge on any atom is 0.179 e. The van der Waals surface area contributed by atoms with Crippen LogP contribution < -0.4 is 5.43 Å². The van der Waals surface area contributed by atoms with Crippen molar-refractivity contribution in [3.63, 3.8) is 0 Å². The first kappa shape index (κ1) is 8.23. The summed E-state index contributed by atoms with van der Waals surface area (Å²) in [6, 6.07) is 5.01. The molecule has 0 atom stereocenters. The van der Waals surface area contributed by atoms with Crippen LogP contribution in [0.4, 0.5) is 0 Å². The van der Waals surface area contributed by atoms with E-state index in [2.05, 4.69) is 15.2 Å². The summed E-state index contributed by atoms with van der Waals surface area (Å²) >= 11 is 0. The summed E-state index contributed by atoms with van der Waals surface area (Å²) in [5, 5.41) is 8.88. The number of hydrogen-bond donors (Lipinski definition) is 2. The normalized spacial score (nSPS) is 11.3. The third-order valence-corrected chi connectivity index (χ3v) is 2.61. The molecule has 0 saturated carbocycles. The van der Waals surface area contributed by atoms with E-state index in [0.29, 0.717) is 0 Å². The Kier molecular flexibility index (Phi) is 1.48. The number of nitrogens with zero attached hydrogens (tertiary/aromatic N) is 1. The summed E-state index contributed by atoms with van der Waals surface area (Å²) in [6.45, 7) is 1.96. The molecular weight excluding hydrogens is 190 g/mol. The number of aromatic amines is 2. The van der Waals surface area contributed by atoms with E-state index in [1.165, 1.54) is 0 Å². The molecule has 74 valence electrons. The molecule has 0 radical (unpaired) electrons. The van der Waals surface area contributed by atoms with E-state index in [9.17, 15) is 4.79 Å². The Labute approximate surface area is 84.9 Å². The molecular formula is C11H9N3O. The number of H-pyrrole nitrogens is 2. The predicted octanol–water partition coefficient (Wildman–Crippen LogP) is 1.71. The molecule has 0 unspecified atom stereocenters. The molecule has 2 heterocycles. The molecule has 0 aliphatic heterocycles. The highest BCUT2D eigenvalue weighted by atomic mass is 16.1. The molecule has 3 aromatic rings. The zero-order valence-electron chi connectivity index (χ0n) is 8.16. The van der Waals surface area contributed by atoms with Crippen LogP contribution in [-0.4, -0.2) is 15.2 Å². The fourth-order valence-electron chi connectivity index (χ4n) is 1.88. The molecule has 1 aromatic carbocycles. The second-order valence-corrected chi connectivity index (χ2v) is 3.61. The minimum absolute atomic E-state index is 0.0237. The Bertz CT molecular complexity index is 708. The highest BCUT2D eigenvalue weighted by Gasteiger charge is 2.06. The van der Waals surface area contributed by atoms with E-state index in [-0.39, 0.29) is 5.43 Å². The number of fused-ring (bicyclic) bond motifs is 3. The first-order valence-corrected chi connectivity index (χ1v) is 4.71. The Morgan fingerprint density at radius 1 is 1.27 bits per heavy atom. The van der Waals surface area contributed by atoms with E-state index >= 15 is 0 Å². The van der Waals surface area contributed by atoms with Crippen LogP contribution in [0.25, 0.3) is 21.8 Å². The molecule has 0 bridgehead atoms. The zero-order chi connectivity index (χ0) is 10.4. The lowest BCUT2D eigenvalue weighted by atomic mass is 10.1. The monoisotopic (exact) mass is 199 g/mol. The molecule has 0 saturated heterocycles. The van der Waals surface area contributed by atoms with Gasteiger partial charge in [0.15, 0.2) is 11.1 Å². The van der Waals surface area contributed by atoms with Gasteiger partial charge >= 0.3 is 0 Å². The number of pyridine rings is 1. The largest absolute Gasteiger partial charge is 0.303 e. The van der Waals surface area contributed by atoms with Gasteiger partial charge in [0.25, 0.3) is 0 Å². The van der Waals surface area contributed by atoms with Crippen LogP contribution >= 0.6 is 0 Å².